The molecule has 30 heteroatoms. The van der Waals surface area contributed by atoms with Crippen molar-refractivity contribution in [3.63, 3.8) is 0 Å². The number of nitrogens with zero attached hydrogens (tertiary/aromatic N) is 4. The van der Waals surface area contributed by atoms with Crippen LogP contribution in [-0.2, 0) is 79.8 Å². The lowest BCUT2D eigenvalue weighted by Gasteiger charge is -2.41. The Morgan fingerprint density at radius 3 is 1.91 bits per heavy atom. The number of hydrogen-bond acceptors (Lipinski definition) is 18. The zero-order valence-corrected chi connectivity index (χ0v) is 63.6. The normalized spacial score (nSPS) is 20.1. The van der Waals surface area contributed by atoms with Gasteiger partial charge in [0.2, 0.25) is 47.3 Å². The number of hydrogen-bond donors (Lipinski definition) is 11. The SMILES string of the molecule is CC[C@H](C)[C@@H]([C@@H](CC(=O)N1CCC[C@H]1[C@H](OC)[C@@H](C)C(=O)NC(Cc1ccccc1)C(=O)NCCc1ccc(NC(=O)[C@@H](CCCNC(N)=O)NC(=O)C(NC(=O)C2O[C@H](CNC(=O)CCCCCN3C(=O)C=CC3=O)C(O)C2O)C(C)C)cc1)OC)N(C)C(=O)C(NC(=O)[C@H](C(C)C)N(C)C)C(C)C. The summed E-state index contributed by atoms with van der Waals surface area (Å²) in [5, 5.41) is 43.9. The lowest BCUT2D eigenvalue weighted by Crippen LogP contribution is -2.59. The molecule has 30 nitrogen and oxygen atoms in total. The number of ether oxygens (including phenoxy) is 3. The first-order chi connectivity index (χ1) is 49.7. The van der Waals surface area contributed by atoms with Gasteiger partial charge in [-0.25, -0.2) is 4.79 Å². The van der Waals surface area contributed by atoms with Crippen LogP contribution in [-0.4, -0.2) is 248 Å². The predicted molar refractivity (Wildman–Crippen MR) is 393 cm³/mol. The second kappa shape index (κ2) is 42.7. The van der Waals surface area contributed by atoms with Crippen LogP contribution in [0.5, 0.6) is 0 Å². The van der Waals surface area contributed by atoms with Crippen molar-refractivity contribution >= 4 is 76.7 Å². The average molecular weight is 1470 g/mol. The number of aliphatic hydroxyl groups is 2. The van der Waals surface area contributed by atoms with Gasteiger partial charge in [0.25, 0.3) is 17.7 Å². The quantitative estimate of drug-likeness (QED) is 0.0333. The number of rotatable bonds is 43. The van der Waals surface area contributed by atoms with Crippen LogP contribution in [0.2, 0.25) is 0 Å². The second-order valence-electron chi connectivity index (χ2n) is 29.0. The molecular formula is C75H117N13O17. The van der Waals surface area contributed by atoms with Crippen molar-refractivity contribution in [1.82, 2.24) is 56.8 Å². The Labute approximate surface area is 617 Å². The van der Waals surface area contributed by atoms with Crippen LogP contribution in [0.25, 0.3) is 0 Å². The van der Waals surface area contributed by atoms with Gasteiger partial charge in [-0.05, 0) is 106 Å². The second-order valence-corrected chi connectivity index (χ2v) is 29.0. The van der Waals surface area contributed by atoms with Gasteiger partial charge in [0.05, 0.1) is 42.7 Å². The smallest absolute Gasteiger partial charge is 0.312 e. The molecule has 3 aliphatic rings. The Kier molecular flexibility index (Phi) is 35.4. The fraction of sp³-hybridized carbons (Fsp3) is 0.653. The van der Waals surface area contributed by atoms with Crippen LogP contribution in [0.15, 0.2) is 66.7 Å². The van der Waals surface area contributed by atoms with E-state index in [2.05, 4.69) is 42.5 Å². The molecule has 0 aromatic heterocycles. The molecule has 584 valence electrons. The largest absolute Gasteiger partial charge is 0.388 e. The molecule has 2 fully saturated rings. The number of nitrogens with one attached hydrogen (secondary N) is 8. The molecule has 0 spiro atoms. The summed E-state index contributed by atoms with van der Waals surface area (Å²) in [4.78, 5) is 167. The number of carbonyl (C=O) groups excluding carboxylic acids is 12. The Balaban J connectivity index is 1.18. The van der Waals surface area contributed by atoms with E-state index >= 15 is 0 Å². The number of anilines is 1. The summed E-state index contributed by atoms with van der Waals surface area (Å²) in [6, 6.07) is 9.32. The third kappa shape index (κ3) is 25.7. The molecular weight excluding hydrogens is 1350 g/mol. The Morgan fingerprint density at radius 1 is 0.676 bits per heavy atom. The summed E-state index contributed by atoms with van der Waals surface area (Å²) < 4.78 is 17.9. The number of methoxy groups -OCH3 is 2. The summed E-state index contributed by atoms with van der Waals surface area (Å²) in [6.07, 6.45) is -1.22. The highest BCUT2D eigenvalue weighted by Gasteiger charge is 2.48. The van der Waals surface area contributed by atoms with Crippen LogP contribution in [0.1, 0.15) is 138 Å². The van der Waals surface area contributed by atoms with Gasteiger partial charge < -0.3 is 82.5 Å². The number of amides is 13. The van der Waals surface area contributed by atoms with Crippen molar-refractivity contribution in [3.8, 4) is 0 Å². The Bertz CT molecular complexity index is 3240. The van der Waals surface area contributed by atoms with Gasteiger partial charge in [0.1, 0.15) is 42.5 Å². The standard InChI is InChI=1S/C75H117N13O17/c1-15-46(8)63(86(12)74(101)61(44(4)5)84-72(99)62(45(6)7)85(10)11)54(103-13)41-59(92)87-39-23-27-53(87)66(104-14)47(9)68(95)82-52(40-49-24-18-16-19-25-49)69(96)77-37-35-48-29-31-50(32-30-48)80-70(97)51(26-22-36-78-75(76)102)81-71(98)60(43(2)3)83-73(100)67-65(94)64(93)55(105-67)42-79-56(89)28-20-17-21-38-88-57(90)33-34-58(88)91/h16,18-19,24-25,29-34,43-47,51-55,60-67,93-94H,15,17,20-23,26-28,35-42H2,1-14H3,(H,77,96)(H,79,89)(H,80,97)(H,81,98)(H,82,95)(H,83,100)(H,84,99)(H3,76,78,102)/t46-,47+,51+,52?,53-,54+,55+,60?,61?,62-,63-,64?,65?,66+,67?/m0/s1. The number of imide groups is 1. The van der Waals surface area contributed by atoms with Crippen LogP contribution < -0.4 is 48.3 Å². The summed E-state index contributed by atoms with van der Waals surface area (Å²) in [5.41, 5.74) is 7.19. The first kappa shape index (κ1) is 87.2. The summed E-state index contributed by atoms with van der Waals surface area (Å²) >= 11 is 0. The number of likely N-dealkylation sites (tertiary alicyclic amines) is 1. The molecule has 5 rings (SSSR count). The van der Waals surface area contributed by atoms with Crippen LogP contribution >= 0.6 is 0 Å². The Hall–Kier alpha value is -8.42. The van der Waals surface area contributed by atoms with E-state index in [0.29, 0.717) is 57.2 Å². The number of likely N-dealkylation sites (N-methyl/N-ethyl adjacent to an activating group) is 2. The van der Waals surface area contributed by atoms with Crippen molar-refractivity contribution in [2.24, 2.45) is 35.3 Å². The van der Waals surface area contributed by atoms with Crippen LogP contribution in [0, 0.1) is 29.6 Å². The Morgan fingerprint density at radius 2 is 1.32 bits per heavy atom. The van der Waals surface area contributed by atoms with E-state index in [1.807, 2.05) is 90.9 Å². The number of primary amides is 1. The van der Waals surface area contributed by atoms with E-state index < -0.39 is 132 Å². The van der Waals surface area contributed by atoms with Crippen molar-refractivity contribution in [2.75, 3.05) is 73.4 Å². The number of benzene rings is 2. The van der Waals surface area contributed by atoms with Gasteiger partial charge in [-0.2, -0.15) is 0 Å². The number of aliphatic hydroxyl groups excluding tert-OH is 2. The first-order valence-corrected chi connectivity index (χ1v) is 36.8. The molecule has 0 bridgehead atoms. The molecule has 2 aromatic rings. The molecule has 13 amide bonds. The van der Waals surface area contributed by atoms with Crippen molar-refractivity contribution in [2.45, 2.75) is 218 Å². The highest BCUT2D eigenvalue weighted by atomic mass is 16.5. The third-order valence-corrected chi connectivity index (χ3v) is 20.0. The van der Waals surface area contributed by atoms with Crippen molar-refractivity contribution in [1.29, 1.82) is 0 Å². The summed E-state index contributed by atoms with van der Waals surface area (Å²) in [7, 11) is 8.37. The van der Waals surface area contributed by atoms with E-state index in [1.165, 1.54) is 26.4 Å². The summed E-state index contributed by atoms with van der Waals surface area (Å²) in [6.45, 7) is 17.3. The third-order valence-electron chi connectivity index (χ3n) is 20.0. The molecule has 12 N–H and O–H groups in total. The molecule has 3 heterocycles. The van der Waals surface area contributed by atoms with Crippen molar-refractivity contribution in [3.05, 3.63) is 77.9 Å². The van der Waals surface area contributed by atoms with E-state index in [9.17, 15) is 67.7 Å². The zero-order chi connectivity index (χ0) is 77.9. The molecule has 2 aromatic carbocycles. The maximum atomic E-state index is 14.7. The maximum Gasteiger partial charge on any atom is 0.312 e. The first-order valence-electron chi connectivity index (χ1n) is 36.8. The van der Waals surface area contributed by atoms with Crippen LogP contribution in [0.4, 0.5) is 10.5 Å². The number of nitrogens with two attached hydrogens (primary N) is 1. The summed E-state index contributed by atoms with van der Waals surface area (Å²) in [5.74, 6) is -6.98. The fourth-order valence-corrected chi connectivity index (χ4v) is 13.8. The predicted octanol–water partition coefficient (Wildman–Crippen LogP) is 1.82. The lowest BCUT2D eigenvalue weighted by atomic mass is 9.89. The minimum atomic E-state index is -1.73. The van der Waals surface area contributed by atoms with Gasteiger partial charge in [-0.3, -0.25) is 62.5 Å². The molecule has 0 saturated carbocycles. The molecule has 105 heavy (non-hydrogen) atoms. The zero-order valence-electron chi connectivity index (χ0n) is 63.6. The monoisotopic (exact) mass is 1470 g/mol. The highest BCUT2D eigenvalue weighted by Crippen LogP contribution is 2.31. The maximum absolute atomic E-state index is 14.7. The van der Waals surface area contributed by atoms with E-state index in [4.69, 9.17) is 19.9 Å². The molecule has 2 saturated heterocycles. The molecule has 6 unspecified atom stereocenters. The van der Waals surface area contributed by atoms with Gasteiger partial charge in [-0.1, -0.05) is 118 Å². The number of unbranched alkanes of at least 4 members (excludes halogenated alkanes) is 2. The van der Waals surface area contributed by atoms with E-state index in [0.717, 1.165) is 16.0 Å². The minimum absolute atomic E-state index is 0.00972. The van der Waals surface area contributed by atoms with Gasteiger partial charge in [0.15, 0.2) is 6.10 Å². The average Bonchev–Trinajstić information content (AvgIpc) is 1.79. The molecule has 0 radical (unpaired) electrons. The lowest BCUT2D eigenvalue weighted by molar-refractivity contribution is -0.148. The number of urea groups is 1. The minimum Gasteiger partial charge on any atom is -0.388 e. The van der Waals surface area contributed by atoms with Crippen molar-refractivity contribution < 1.29 is 82.0 Å². The van der Waals surface area contributed by atoms with Gasteiger partial charge in [-0.15, -0.1) is 0 Å². The molecule has 15 atom stereocenters. The van der Waals surface area contributed by atoms with E-state index in [-0.39, 0.29) is 106 Å². The van der Waals surface area contributed by atoms with Gasteiger partial charge in [0, 0.05) is 84.7 Å². The highest BCUT2D eigenvalue weighted by molar-refractivity contribution is 6.12. The van der Waals surface area contributed by atoms with E-state index in [1.54, 1.807) is 61.9 Å². The molecule has 0 aliphatic carbocycles. The van der Waals surface area contributed by atoms with Crippen LogP contribution in [0.3, 0.4) is 0 Å². The number of carbonyl (C=O) groups is 12. The van der Waals surface area contributed by atoms with Gasteiger partial charge >= 0.3 is 6.03 Å². The molecule has 3 aliphatic heterocycles. The fourth-order valence-electron chi connectivity index (χ4n) is 13.8. The topological polar surface area (TPSA) is 408 Å².